The van der Waals surface area contributed by atoms with Crippen LogP contribution in [-0.2, 0) is 20.9 Å². The van der Waals surface area contributed by atoms with Gasteiger partial charge in [-0.2, -0.15) is 5.10 Å². The van der Waals surface area contributed by atoms with Crippen LogP contribution < -0.4 is 5.32 Å². The lowest BCUT2D eigenvalue weighted by Crippen LogP contribution is -2.51. The number of H-pyrrole nitrogens is 1. The van der Waals surface area contributed by atoms with Gasteiger partial charge in [0.05, 0.1) is 12.2 Å². The standard InChI is InChI=1S/C16H21IN4O5/c1-15(2,3)26-14(25)21-6-8-5-18-20-11(8)9(7-21)12(22)19-16(13(23)24)4-10(16)17/h5,9-10H,4,6-7H2,1-3H3,(H,18,20)(H,19,22)(H,23,24)/t9?,10-,16-/m1/s1. The molecule has 0 spiro atoms. The molecule has 0 saturated heterocycles. The Kier molecular flexibility index (Phi) is 4.65. The summed E-state index contributed by atoms with van der Waals surface area (Å²) in [5.41, 5.74) is -0.633. The molecule has 26 heavy (non-hydrogen) atoms. The zero-order valence-electron chi connectivity index (χ0n) is 14.7. The second-order valence-corrected chi connectivity index (χ2v) is 9.15. The number of aromatic nitrogens is 2. The number of amides is 2. The van der Waals surface area contributed by atoms with Gasteiger partial charge in [0.15, 0.2) is 5.54 Å². The molecule has 1 fully saturated rings. The molecule has 3 N–H and O–H groups in total. The number of hydrogen-bond donors (Lipinski definition) is 3. The van der Waals surface area contributed by atoms with E-state index in [9.17, 15) is 19.5 Å². The number of ether oxygens (including phenoxy) is 1. The molecule has 1 aromatic heterocycles. The molecule has 142 valence electrons. The number of aromatic amines is 1. The Morgan fingerprint density at radius 1 is 1.46 bits per heavy atom. The summed E-state index contributed by atoms with van der Waals surface area (Å²) in [4.78, 5) is 38.2. The van der Waals surface area contributed by atoms with Gasteiger partial charge < -0.3 is 20.1 Å². The number of carboxylic acid groups (broad SMARTS) is 1. The topological polar surface area (TPSA) is 125 Å². The summed E-state index contributed by atoms with van der Waals surface area (Å²) in [6.07, 6.45) is 1.50. The third kappa shape index (κ3) is 3.51. The number of aliphatic carboxylic acids is 1. The van der Waals surface area contributed by atoms with E-state index in [1.807, 2.05) is 22.6 Å². The maximum Gasteiger partial charge on any atom is 0.410 e. The summed E-state index contributed by atoms with van der Waals surface area (Å²) < 4.78 is 5.23. The van der Waals surface area contributed by atoms with Crippen LogP contribution in [0, 0.1) is 0 Å². The maximum absolute atomic E-state index is 12.8. The largest absolute Gasteiger partial charge is 0.479 e. The fraction of sp³-hybridized carbons (Fsp3) is 0.625. The summed E-state index contributed by atoms with van der Waals surface area (Å²) in [5.74, 6) is -2.25. The molecule has 2 aliphatic rings. The smallest absolute Gasteiger partial charge is 0.410 e. The number of hydrogen-bond acceptors (Lipinski definition) is 5. The van der Waals surface area contributed by atoms with E-state index in [-0.39, 0.29) is 17.0 Å². The van der Waals surface area contributed by atoms with Gasteiger partial charge in [-0.05, 0) is 27.2 Å². The van der Waals surface area contributed by atoms with Crippen molar-refractivity contribution in [2.24, 2.45) is 0 Å². The minimum absolute atomic E-state index is 0.0835. The molecule has 2 heterocycles. The van der Waals surface area contributed by atoms with Crippen LogP contribution >= 0.6 is 22.6 Å². The van der Waals surface area contributed by atoms with Crippen molar-refractivity contribution in [3.8, 4) is 0 Å². The van der Waals surface area contributed by atoms with Crippen LogP contribution in [0.25, 0.3) is 0 Å². The first kappa shape index (κ1) is 18.9. The van der Waals surface area contributed by atoms with Crippen LogP contribution in [0.5, 0.6) is 0 Å². The van der Waals surface area contributed by atoms with Crippen LogP contribution in [-0.4, -0.2) is 59.8 Å². The molecule has 3 rings (SSSR count). The van der Waals surface area contributed by atoms with E-state index in [2.05, 4.69) is 15.5 Å². The molecule has 2 amide bonds. The van der Waals surface area contributed by atoms with Crippen molar-refractivity contribution in [3.05, 3.63) is 17.5 Å². The lowest BCUT2D eigenvalue weighted by Gasteiger charge is -2.33. The van der Waals surface area contributed by atoms with Gasteiger partial charge in [0, 0.05) is 22.2 Å². The molecule has 9 nitrogen and oxygen atoms in total. The van der Waals surface area contributed by atoms with Gasteiger partial charge >= 0.3 is 12.1 Å². The molecular formula is C16H21IN4O5. The number of carboxylic acids is 1. The minimum atomic E-state index is -1.23. The zero-order valence-corrected chi connectivity index (χ0v) is 16.9. The van der Waals surface area contributed by atoms with Crippen LogP contribution in [0.1, 0.15) is 44.4 Å². The zero-order chi connectivity index (χ0) is 19.3. The predicted octanol–water partition coefficient (Wildman–Crippen LogP) is 1.39. The van der Waals surface area contributed by atoms with Gasteiger partial charge in [-0.15, -0.1) is 0 Å². The first-order chi connectivity index (χ1) is 12.0. The first-order valence-corrected chi connectivity index (χ1v) is 9.48. The number of fused-ring (bicyclic) bond motifs is 1. The predicted molar refractivity (Wildman–Crippen MR) is 98.9 cm³/mol. The molecule has 0 aromatic carbocycles. The molecule has 0 bridgehead atoms. The SMILES string of the molecule is CC(C)(C)OC(=O)N1Cc2c[nH]nc2C(C(=O)N[C@]2(C(=O)O)C[C@H]2I)C1. The number of nitrogens with zero attached hydrogens (tertiary/aromatic N) is 2. The summed E-state index contributed by atoms with van der Waals surface area (Å²) in [6, 6.07) is 0. The first-order valence-electron chi connectivity index (χ1n) is 8.23. The van der Waals surface area contributed by atoms with E-state index in [1.54, 1.807) is 27.0 Å². The van der Waals surface area contributed by atoms with Gasteiger partial charge in [-0.1, -0.05) is 22.6 Å². The van der Waals surface area contributed by atoms with Crippen LogP contribution in [0.15, 0.2) is 6.20 Å². The highest BCUT2D eigenvalue weighted by Crippen LogP contribution is 2.44. The Balaban J connectivity index is 1.79. The van der Waals surface area contributed by atoms with Crippen molar-refractivity contribution >= 4 is 40.6 Å². The van der Waals surface area contributed by atoms with Gasteiger partial charge in [0.1, 0.15) is 11.5 Å². The van der Waals surface area contributed by atoms with E-state index in [0.717, 1.165) is 0 Å². The minimum Gasteiger partial charge on any atom is -0.479 e. The van der Waals surface area contributed by atoms with Crippen molar-refractivity contribution < 1.29 is 24.2 Å². The maximum atomic E-state index is 12.8. The molecule has 1 unspecified atom stereocenters. The van der Waals surface area contributed by atoms with Crippen LogP contribution in [0.2, 0.25) is 0 Å². The lowest BCUT2D eigenvalue weighted by atomic mass is 9.95. The van der Waals surface area contributed by atoms with Crippen LogP contribution in [0.3, 0.4) is 0 Å². The number of halogens is 1. The van der Waals surface area contributed by atoms with Crippen molar-refractivity contribution in [1.29, 1.82) is 0 Å². The molecule has 1 aliphatic heterocycles. The number of rotatable bonds is 3. The molecule has 10 heteroatoms. The second kappa shape index (κ2) is 6.39. The Hall–Kier alpha value is -1.85. The van der Waals surface area contributed by atoms with E-state index < -0.39 is 35.0 Å². The number of nitrogens with one attached hydrogen (secondary N) is 2. The molecule has 3 atom stereocenters. The Morgan fingerprint density at radius 3 is 2.65 bits per heavy atom. The fourth-order valence-corrected chi connectivity index (χ4v) is 4.06. The third-order valence-corrected chi connectivity index (χ3v) is 5.92. The molecule has 1 saturated carbocycles. The van der Waals surface area contributed by atoms with Crippen molar-refractivity contribution in [2.75, 3.05) is 6.54 Å². The Bertz CT molecular complexity index is 758. The number of carbonyl (C=O) groups excluding carboxylic acids is 2. The monoisotopic (exact) mass is 476 g/mol. The van der Waals surface area contributed by atoms with Gasteiger partial charge in [0.25, 0.3) is 0 Å². The van der Waals surface area contributed by atoms with Crippen molar-refractivity contribution in [3.63, 3.8) is 0 Å². The molecule has 1 aromatic rings. The highest BCUT2D eigenvalue weighted by atomic mass is 127. The molecule has 0 radical (unpaired) electrons. The van der Waals surface area contributed by atoms with Gasteiger partial charge in [-0.3, -0.25) is 9.89 Å². The van der Waals surface area contributed by atoms with E-state index in [0.29, 0.717) is 17.7 Å². The molecular weight excluding hydrogens is 455 g/mol. The average Bonchev–Trinajstić information content (AvgIpc) is 2.95. The van der Waals surface area contributed by atoms with Crippen molar-refractivity contribution in [2.45, 2.75) is 54.7 Å². The number of alkyl halides is 1. The molecule has 1 aliphatic carbocycles. The fourth-order valence-electron chi connectivity index (χ4n) is 2.94. The summed E-state index contributed by atoms with van der Waals surface area (Å²) >= 11 is 2.02. The van der Waals surface area contributed by atoms with Crippen LogP contribution in [0.4, 0.5) is 4.79 Å². The lowest BCUT2D eigenvalue weighted by molar-refractivity contribution is -0.143. The van der Waals surface area contributed by atoms with E-state index >= 15 is 0 Å². The number of carbonyl (C=O) groups is 3. The Labute approximate surface area is 164 Å². The third-order valence-electron chi connectivity index (χ3n) is 4.42. The second-order valence-electron chi connectivity index (χ2n) is 7.65. The van der Waals surface area contributed by atoms with Gasteiger partial charge in [-0.25, -0.2) is 9.59 Å². The Morgan fingerprint density at radius 2 is 2.12 bits per heavy atom. The van der Waals surface area contributed by atoms with E-state index in [1.165, 1.54) is 4.90 Å². The van der Waals surface area contributed by atoms with Crippen molar-refractivity contribution in [1.82, 2.24) is 20.4 Å². The summed E-state index contributed by atoms with van der Waals surface area (Å²) in [6.45, 7) is 5.68. The van der Waals surface area contributed by atoms with E-state index in [4.69, 9.17) is 4.74 Å². The quantitative estimate of drug-likeness (QED) is 0.448. The normalized spacial score (nSPS) is 27.5. The highest BCUT2D eigenvalue weighted by molar-refractivity contribution is 14.1. The summed E-state index contributed by atoms with van der Waals surface area (Å²) in [7, 11) is 0. The average molecular weight is 476 g/mol. The highest BCUT2D eigenvalue weighted by Gasteiger charge is 2.61. The summed E-state index contributed by atoms with van der Waals surface area (Å²) in [5, 5.41) is 18.9. The van der Waals surface area contributed by atoms with Gasteiger partial charge in [0.2, 0.25) is 5.91 Å².